The van der Waals surface area contributed by atoms with Crippen molar-refractivity contribution in [1.29, 1.82) is 0 Å². The lowest BCUT2D eigenvalue weighted by atomic mass is 9.84. The molecule has 8 fully saturated rings. The summed E-state index contributed by atoms with van der Waals surface area (Å²) in [6.45, 7) is -1.79. The fraction of sp³-hybridized carbons (Fsp3) is 0.807. The quantitative estimate of drug-likeness (QED) is 0.0419. The third kappa shape index (κ3) is 15.9. The van der Waals surface area contributed by atoms with Crippen LogP contribution >= 0.6 is 0 Å². The second kappa shape index (κ2) is 32.3. The van der Waals surface area contributed by atoms with Gasteiger partial charge >= 0.3 is 5.97 Å². The van der Waals surface area contributed by atoms with Crippen LogP contribution in [0.1, 0.15) is 23.2 Å². The van der Waals surface area contributed by atoms with Gasteiger partial charge in [-0.25, -0.2) is 14.2 Å². The van der Waals surface area contributed by atoms with Gasteiger partial charge in [-0.05, 0) is 31.0 Å². The highest BCUT2D eigenvalue weighted by Gasteiger charge is 2.58. The molecule has 8 heterocycles. The van der Waals surface area contributed by atoms with E-state index >= 15 is 0 Å². The zero-order valence-electron chi connectivity index (χ0n) is 54.2. The molecule has 2 aliphatic carbocycles. The van der Waals surface area contributed by atoms with Gasteiger partial charge in [-0.2, -0.15) is 0 Å². The molecule has 0 bridgehead atoms. The van der Waals surface area contributed by atoms with E-state index in [1.807, 2.05) is 0 Å². The average Bonchev–Trinajstić information content (AvgIpc) is 1.70. The number of nitrogens with two attached hydrogens (primary N) is 12. The highest BCUT2D eigenvalue weighted by Crippen LogP contribution is 2.39. The Bertz CT molecular complexity index is 3000. The first-order chi connectivity index (χ1) is 47.9. The Morgan fingerprint density at radius 1 is 0.376 bits per heavy atom. The summed E-state index contributed by atoms with van der Waals surface area (Å²) in [5, 5.41) is 161. The van der Waals surface area contributed by atoms with E-state index in [1.54, 1.807) is 0 Å². The molecule has 0 amide bonds. The smallest absolute Gasteiger partial charge is 0.335 e. The molecule has 0 unspecified atom stereocenters. The first-order valence-corrected chi connectivity index (χ1v) is 33.0. The summed E-state index contributed by atoms with van der Waals surface area (Å²) in [6.07, 6.45) is -42.1. The molecular formula is C57H96N18O26. The number of aromatic nitrogens is 6. The molecule has 1 aromatic carbocycles. The van der Waals surface area contributed by atoms with Crippen LogP contribution in [-0.2, 0) is 69.9 Å². The second-order valence-corrected chi connectivity index (χ2v) is 26.9. The summed E-state index contributed by atoms with van der Waals surface area (Å²) >= 11 is 0. The number of benzene rings is 1. The minimum atomic E-state index is -1.82. The van der Waals surface area contributed by atoms with Crippen LogP contribution in [0.2, 0.25) is 0 Å². The van der Waals surface area contributed by atoms with Gasteiger partial charge in [0.1, 0.15) is 146 Å². The number of rotatable bonds is 23. The number of nitrogens with zero attached hydrogens (tertiary/aromatic N) is 6. The Morgan fingerprint density at radius 2 is 0.663 bits per heavy atom. The number of ether oxygens (including phenoxy) is 12. The van der Waals surface area contributed by atoms with E-state index in [2.05, 4.69) is 20.6 Å². The SMILES string of the molecule is NC[C@@H]1O[C@@H](O[C@H]2[C@H](O[C@H]3O[C@@H](Cn4cc(-c5cc(C(=O)O)cc(-c6cn(C[C@H]7O[C@@H](O[C@@H]8[C@@H](O)[C@H](N)C[C@H](N)[C@H]8O[C@@H]8O[C@@H](CN)[C@H](O)[C@@H](O)[C@@H]8N)[C@H](O)[C@@H]7O[C@H]7O[C@@H](CN)[C@@H](O)[C@H](O)[C@H]7N)nn6)c5)nn4)[C@H](O[C@H]4O[C@@H](CN)[C@@H](O)[C@H](O)[C@H]4N)[C@@H]3O)[C@@H](O)[C@H](N)C[C@@H]2N)[C@@H](N)[C@H](O)[C@H]1O. The normalized spacial score (nSPS) is 46.9. The molecule has 37 N–H and O–H groups in total. The second-order valence-electron chi connectivity index (χ2n) is 26.9. The molecule has 11 rings (SSSR count). The predicted octanol–water partition coefficient (Wildman–Crippen LogP) is -15.8. The fourth-order valence-corrected chi connectivity index (χ4v) is 13.9. The molecule has 0 spiro atoms. The summed E-state index contributed by atoms with van der Waals surface area (Å²) < 4.78 is 76.2. The highest BCUT2D eigenvalue weighted by molar-refractivity contribution is 5.91. The Labute approximate surface area is 574 Å². The van der Waals surface area contributed by atoms with E-state index in [-0.39, 0.29) is 80.2 Å². The minimum Gasteiger partial charge on any atom is -0.478 e. The largest absolute Gasteiger partial charge is 0.478 e. The molecular weight excluding hydrogens is 1350 g/mol. The van der Waals surface area contributed by atoms with Crippen molar-refractivity contribution in [2.24, 2.45) is 68.8 Å². The Kier molecular flexibility index (Phi) is 24.8. The zero-order valence-corrected chi connectivity index (χ0v) is 54.2. The van der Waals surface area contributed by atoms with Crippen LogP contribution in [0.25, 0.3) is 22.5 Å². The van der Waals surface area contributed by atoms with Gasteiger partial charge in [0.15, 0.2) is 37.7 Å². The number of aliphatic hydroxyl groups excluding tert-OH is 12. The molecule has 6 saturated heterocycles. The summed E-state index contributed by atoms with van der Waals surface area (Å²) in [6, 6.07) is -5.56. The van der Waals surface area contributed by atoms with Crippen LogP contribution in [-0.4, -0.2) is 361 Å². The number of carboxylic acid groups (broad SMARTS) is 1. The van der Waals surface area contributed by atoms with Crippen LogP contribution in [0.4, 0.5) is 0 Å². The Balaban J connectivity index is 0.844. The topological polar surface area (TPSA) is 764 Å². The average molecular weight is 1450 g/mol. The van der Waals surface area contributed by atoms with E-state index in [0.717, 1.165) is 0 Å². The van der Waals surface area contributed by atoms with Crippen LogP contribution in [0.5, 0.6) is 0 Å². The first-order valence-electron chi connectivity index (χ1n) is 33.0. The summed E-state index contributed by atoms with van der Waals surface area (Å²) in [7, 11) is 0. The number of aromatic carboxylic acids is 1. The highest BCUT2D eigenvalue weighted by atomic mass is 16.8. The van der Waals surface area contributed by atoms with Crippen molar-refractivity contribution in [3.8, 4) is 22.5 Å². The lowest BCUT2D eigenvalue weighted by Crippen LogP contribution is -2.68. The minimum absolute atomic E-state index is 0.0315. The number of hydrogen-bond acceptors (Lipinski definition) is 41. The van der Waals surface area contributed by atoms with E-state index in [1.165, 1.54) is 40.0 Å². The lowest BCUT2D eigenvalue weighted by Gasteiger charge is -2.47. The fourth-order valence-electron chi connectivity index (χ4n) is 13.9. The number of aliphatic hydroxyl groups is 12. The molecule has 101 heavy (non-hydrogen) atoms. The van der Waals surface area contributed by atoms with Crippen molar-refractivity contribution in [2.75, 3.05) is 26.2 Å². The van der Waals surface area contributed by atoms with Crippen molar-refractivity contribution in [3.63, 3.8) is 0 Å². The molecule has 44 nitrogen and oxygen atoms in total. The van der Waals surface area contributed by atoms with Gasteiger partial charge in [0.25, 0.3) is 0 Å². The van der Waals surface area contributed by atoms with E-state index in [4.69, 9.17) is 126 Å². The van der Waals surface area contributed by atoms with Crippen molar-refractivity contribution in [3.05, 3.63) is 36.2 Å². The molecule has 38 atom stereocenters. The summed E-state index contributed by atoms with van der Waals surface area (Å²) in [5.41, 5.74) is 74.5. The van der Waals surface area contributed by atoms with Gasteiger partial charge in [-0.1, -0.05) is 10.4 Å². The Morgan fingerprint density at radius 3 is 0.960 bits per heavy atom. The van der Waals surface area contributed by atoms with Crippen LogP contribution in [0.15, 0.2) is 30.6 Å². The van der Waals surface area contributed by atoms with Crippen molar-refractivity contribution in [2.45, 2.75) is 259 Å². The van der Waals surface area contributed by atoms with Gasteiger partial charge < -0.3 is 192 Å². The molecule has 570 valence electrons. The molecule has 8 aliphatic rings. The maximum absolute atomic E-state index is 12.9. The van der Waals surface area contributed by atoms with Gasteiger partial charge in [-0.3, -0.25) is 0 Å². The maximum atomic E-state index is 12.9. The van der Waals surface area contributed by atoms with Gasteiger partial charge in [0.05, 0.1) is 67.4 Å². The predicted molar refractivity (Wildman–Crippen MR) is 334 cm³/mol. The maximum Gasteiger partial charge on any atom is 0.335 e. The van der Waals surface area contributed by atoms with Gasteiger partial charge in [0, 0.05) is 61.5 Å². The van der Waals surface area contributed by atoms with Crippen molar-refractivity contribution < 1.29 is 128 Å². The standard InChI is InChI=1S/C57H96N18O26/c58-6-23-35(78)39(82)29(66)52(90-23)96-45-19(64)4-17(62)33(76)49(45)100-56-43(86)47(98-54-31(68)41(84)37(80)25(8-60)92-54)27(94-56)12-74-10-21(70-72-74)14-1-15(3-16(2-14)51(88)89)22-11-75(73-71-22)13-28-48(99-55-32(69)42(85)38(81)26(9-61)93-55)44(87)57(95-28)101-50-34(77)18(63)5-20(65)46(50)97-53-30(67)40(83)36(79)24(7-59)91-53/h1-3,10-11,17-20,23-50,52-57,76-87H,4-9,12-13,58-69H2,(H,88,89)/t17-,18-,19+,20+,23+,24+,25+,26+,27-,28+,29+,30+,31-,32-,33+,34+,35+,36+,37-,38-,39+,40+,41-,42-,43-,44+,45-,46-,47-,48+,49-,50-,52+,53+,54-,55-,56+,57-/m1/s1. The zero-order chi connectivity index (χ0) is 73.1. The summed E-state index contributed by atoms with van der Waals surface area (Å²) in [5.74, 6) is -1.38. The van der Waals surface area contributed by atoms with E-state index < -0.39 is 239 Å². The van der Waals surface area contributed by atoms with E-state index in [9.17, 15) is 71.2 Å². The van der Waals surface area contributed by atoms with Gasteiger partial charge in [0.2, 0.25) is 0 Å². The summed E-state index contributed by atoms with van der Waals surface area (Å²) in [4.78, 5) is 12.9. The molecule has 2 saturated carbocycles. The number of carbonyl (C=O) groups is 1. The third-order valence-corrected chi connectivity index (χ3v) is 20.0. The Hall–Kier alpha value is -4.47. The molecule has 0 radical (unpaired) electrons. The third-order valence-electron chi connectivity index (χ3n) is 20.0. The molecule has 44 heteroatoms. The number of hydrogen-bond donors (Lipinski definition) is 25. The van der Waals surface area contributed by atoms with Crippen LogP contribution in [0, 0.1) is 0 Å². The van der Waals surface area contributed by atoms with Gasteiger partial charge in [-0.15, -0.1) is 10.2 Å². The van der Waals surface area contributed by atoms with Crippen LogP contribution < -0.4 is 68.8 Å². The molecule has 6 aliphatic heterocycles. The monoisotopic (exact) mass is 1450 g/mol. The van der Waals surface area contributed by atoms with Crippen molar-refractivity contribution >= 4 is 5.97 Å². The first kappa shape index (κ1) is 77.6. The lowest BCUT2D eigenvalue weighted by molar-refractivity contribution is -0.306. The molecule has 2 aromatic heterocycles. The van der Waals surface area contributed by atoms with Crippen LogP contribution in [0.3, 0.4) is 0 Å². The van der Waals surface area contributed by atoms with E-state index in [0.29, 0.717) is 0 Å². The van der Waals surface area contributed by atoms with Crippen molar-refractivity contribution in [1.82, 2.24) is 30.0 Å². The molecule has 3 aromatic rings. The number of carboxylic acids is 1.